The van der Waals surface area contributed by atoms with E-state index in [2.05, 4.69) is 0 Å². The van der Waals surface area contributed by atoms with Crippen LogP contribution in [0.5, 0.6) is 11.5 Å². The summed E-state index contributed by atoms with van der Waals surface area (Å²) in [7, 11) is 0. The number of fused-ring (bicyclic) bond motifs is 1. The van der Waals surface area contributed by atoms with Gasteiger partial charge in [0, 0.05) is 26.0 Å². The van der Waals surface area contributed by atoms with E-state index in [1.54, 1.807) is 36.1 Å². The van der Waals surface area contributed by atoms with Crippen molar-refractivity contribution in [3.8, 4) is 11.5 Å². The van der Waals surface area contributed by atoms with Gasteiger partial charge in [-0.15, -0.1) is 0 Å². The van der Waals surface area contributed by atoms with E-state index in [4.69, 9.17) is 14.2 Å². The first-order chi connectivity index (χ1) is 18.6. The number of benzene rings is 2. The van der Waals surface area contributed by atoms with Crippen LogP contribution in [0.2, 0.25) is 0 Å². The summed E-state index contributed by atoms with van der Waals surface area (Å²) in [5, 5.41) is 9.27. The number of halogens is 2. The maximum atomic E-state index is 13.1. The van der Waals surface area contributed by atoms with E-state index in [0.717, 1.165) is 31.7 Å². The zero-order chi connectivity index (χ0) is 28.3. The van der Waals surface area contributed by atoms with Crippen molar-refractivity contribution in [3.63, 3.8) is 0 Å². The van der Waals surface area contributed by atoms with Crippen LogP contribution in [-0.4, -0.2) is 60.4 Å². The minimum absolute atomic E-state index is 0.177. The van der Waals surface area contributed by atoms with Crippen molar-refractivity contribution in [1.82, 2.24) is 4.90 Å². The van der Waals surface area contributed by atoms with Crippen molar-refractivity contribution >= 4 is 12.1 Å². The Bertz CT molecular complexity index is 1070. The number of rotatable bonds is 16. The average Bonchev–Trinajstić information content (AvgIpc) is 3.35. The second-order valence-corrected chi connectivity index (χ2v) is 10.00. The van der Waals surface area contributed by atoms with E-state index in [-0.39, 0.29) is 26.0 Å². The van der Waals surface area contributed by atoms with Crippen LogP contribution >= 0.6 is 0 Å². The van der Waals surface area contributed by atoms with Crippen molar-refractivity contribution in [2.24, 2.45) is 0 Å². The molecule has 2 aromatic carbocycles. The van der Waals surface area contributed by atoms with Crippen LogP contribution in [0, 0.1) is 0 Å². The molecule has 3 rings (SSSR count). The van der Waals surface area contributed by atoms with E-state index in [9.17, 15) is 23.5 Å². The number of carboxylic acids is 1. The van der Waals surface area contributed by atoms with Crippen molar-refractivity contribution in [2.75, 3.05) is 26.3 Å². The number of aliphatic carboxylic acids is 1. The van der Waals surface area contributed by atoms with Gasteiger partial charge in [-0.05, 0) is 86.9 Å². The van der Waals surface area contributed by atoms with Crippen molar-refractivity contribution in [3.05, 3.63) is 59.2 Å². The van der Waals surface area contributed by atoms with Crippen molar-refractivity contribution < 1.29 is 37.7 Å². The van der Waals surface area contributed by atoms with Crippen LogP contribution in [0.4, 0.5) is 13.6 Å². The second-order valence-electron chi connectivity index (χ2n) is 10.00. The highest BCUT2D eigenvalue weighted by Gasteiger charge is 2.21. The molecule has 39 heavy (non-hydrogen) atoms. The summed E-state index contributed by atoms with van der Waals surface area (Å²) in [6, 6.07) is 12.8. The molecule has 2 aromatic rings. The van der Waals surface area contributed by atoms with Crippen LogP contribution in [0.25, 0.3) is 0 Å². The molecule has 214 valence electrons. The minimum Gasteiger partial charge on any atom is -0.492 e. The van der Waals surface area contributed by atoms with Crippen molar-refractivity contribution in [1.29, 1.82) is 0 Å². The van der Waals surface area contributed by atoms with Crippen LogP contribution in [0.3, 0.4) is 0 Å². The summed E-state index contributed by atoms with van der Waals surface area (Å²) < 4.78 is 43.0. The number of hydrogen-bond donors (Lipinski definition) is 1. The van der Waals surface area contributed by atoms with Gasteiger partial charge in [-0.1, -0.05) is 24.6 Å². The van der Waals surface area contributed by atoms with Gasteiger partial charge < -0.3 is 24.2 Å². The molecule has 1 unspecified atom stereocenters. The third kappa shape index (κ3) is 10.5. The molecule has 0 saturated heterocycles. The largest absolute Gasteiger partial charge is 0.492 e. The highest BCUT2D eigenvalue weighted by Crippen LogP contribution is 2.26. The Morgan fingerprint density at radius 2 is 1.72 bits per heavy atom. The molecule has 0 radical (unpaired) electrons. The number of carbonyl (C=O) groups is 2. The first-order valence-electron chi connectivity index (χ1n) is 13.7. The molecule has 0 aliphatic heterocycles. The van der Waals surface area contributed by atoms with Gasteiger partial charge in [0.25, 0.3) is 0 Å². The molecule has 7 nitrogen and oxygen atoms in total. The summed E-state index contributed by atoms with van der Waals surface area (Å²) >= 11 is 0. The molecule has 1 aliphatic rings. The summed E-state index contributed by atoms with van der Waals surface area (Å²) in [5.41, 5.74) is 3.30. The van der Waals surface area contributed by atoms with E-state index < -0.39 is 24.1 Å². The number of carbonyl (C=O) groups excluding carboxylic acids is 1. The smallest absolute Gasteiger partial charge is 0.415 e. The molecule has 0 aromatic heterocycles. The first-order valence-corrected chi connectivity index (χ1v) is 13.7. The number of ether oxygens (including phenoxy) is 3. The van der Waals surface area contributed by atoms with Gasteiger partial charge in [-0.2, -0.15) is 0 Å². The van der Waals surface area contributed by atoms with Crippen LogP contribution in [-0.2, 0) is 28.8 Å². The summed E-state index contributed by atoms with van der Waals surface area (Å²) in [6.45, 7) is 3.83. The van der Waals surface area contributed by atoms with Gasteiger partial charge in [-0.25, -0.2) is 18.4 Å². The molecule has 0 spiro atoms. The van der Waals surface area contributed by atoms with E-state index >= 15 is 0 Å². The Morgan fingerprint density at radius 1 is 1.00 bits per heavy atom. The lowest BCUT2D eigenvalue weighted by Gasteiger charge is -2.22. The number of amides is 1. The molecule has 1 amide bonds. The molecule has 0 saturated carbocycles. The summed E-state index contributed by atoms with van der Waals surface area (Å²) in [6.07, 6.45) is 3.31. The number of aryl methyl sites for hydroxylation is 2. The Morgan fingerprint density at radius 3 is 2.41 bits per heavy atom. The van der Waals surface area contributed by atoms with Gasteiger partial charge in [0.05, 0.1) is 6.54 Å². The Balaban J connectivity index is 1.54. The lowest BCUT2D eigenvalue weighted by atomic mass is 10.1. The lowest BCUT2D eigenvalue weighted by Crippen LogP contribution is -2.37. The van der Waals surface area contributed by atoms with E-state index in [1.807, 2.05) is 18.2 Å². The minimum atomic E-state index is -2.69. The zero-order valence-electron chi connectivity index (χ0n) is 22.8. The molecule has 0 fully saturated rings. The van der Waals surface area contributed by atoms with Gasteiger partial charge in [-0.3, -0.25) is 0 Å². The molecular weight excluding hydrogens is 508 g/mol. The number of hydrogen-bond acceptors (Lipinski definition) is 5. The molecule has 1 aliphatic carbocycles. The molecule has 0 bridgehead atoms. The van der Waals surface area contributed by atoms with E-state index in [1.165, 1.54) is 11.1 Å². The predicted molar refractivity (Wildman–Crippen MR) is 144 cm³/mol. The molecule has 9 heteroatoms. The normalized spacial score (nSPS) is 13.5. The summed E-state index contributed by atoms with van der Waals surface area (Å²) in [5.74, 6) is -2.61. The van der Waals surface area contributed by atoms with Gasteiger partial charge in [0.2, 0.25) is 5.92 Å². The molecular formula is C30H39F2NO6. The first kappa shape index (κ1) is 30.3. The maximum absolute atomic E-state index is 13.1. The Hall–Kier alpha value is -3.20. The standard InChI is InChI=1S/C30H39F2NO6/c1-3-37-27(28(34)35)20-22-10-13-25(14-11-22)38-19-18-33(17-6-4-5-16-30(2,31)32)29(36)39-26-15-12-23-8-7-9-24(23)21-26/h10-15,21,27H,3-9,16-20H2,1-2H3,(H,34,35). The van der Waals surface area contributed by atoms with E-state index in [0.29, 0.717) is 43.9 Å². The van der Waals surface area contributed by atoms with Gasteiger partial charge in [0.15, 0.2) is 6.10 Å². The number of nitrogens with zero attached hydrogens (tertiary/aromatic N) is 1. The van der Waals surface area contributed by atoms with Crippen LogP contribution < -0.4 is 9.47 Å². The average molecular weight is 548 g/mol. The Kier molecular flexibility index (Phi) is 11.5. The fourth-order valence-corrected chi connectivity index (χ4v) is 4.61. The number of alkyl halides is 2. The summed E-state index contributed by atoms with van der Waals surface area (Å²) in [4.78, 5) is 25.9. The maximum Gasteiger partial charge on any atom is 0.415 e. The van der Waals surface area contributed by atoms with Gasteiger partial charge >= 0.3 is 12.1 Å². The highest BCUT2D eigenvalue weighted by molar-refractivity contribution is 5.72. The predicted octanol–water partition coefficient (Wildman–Crippen LogP) is 6.30. The molecule has 1 N–H and O–H groups in total. The number of carboxylic acid groups (broad SMARTS) is 1. The fourth-order valence-electron chi connectivity index (χ4n) is 4.61. The zero-order valence-corrected chi connectivity index (χ0v) is 22.8. The monoisotopic (exact) mass is 547 g/mol. The molecule has 0 heterocycles. The molecule has 1 atom stereocenters. The quantitative estimate of drug-likeness (QED) is 0.248. The Labute approximate surface area is 229 Å². The third-order valence-electron chi connectivity index (χ3n) is 6.69. The fraction of sp³-hybridized carbons (Fsp3) is 0.533. The van der Waals surface area contributed by atoms with Crippen LogP contribution in [0.1, 0.15) is 62.6 Å². The second kappa shape index (κ2) is 14.8. The SMILES string of the molecule is CCOC(Cc1ccc(OCCN(CCCCCC(C)(F)F)C(=O)Oc2ccc3c(c2)CCC3)cc1)C(=O)O. The van der Waals surface area contributed by atoms with Gasteiger partial charge in [0.1, 0.15) is 18.1 Å². The van der Waals surface area contributed by atoms with Crippen LogP contribution in [0.15, 0.2) is 42.5 Å². The lowest BCUT2D eigenvalue weighted by molar-refractivity contribution is -0.149. The number of unbranched alkanes of at least 4 members (excludes halogenated alkanes) is 2. The van der Waals surface area contributed by atoms with Crippen molar-refractivity contribution in [2.45, 2.75) is 77.2 Å². The third-order valence-corrected chi connectivity index (χ3v) is 6.69. The highest BCUT2D eigenvalue weighted by atomic mass is 19.3. The topological polar surface area (TPSA) is 85.3 Å².